The van der Waals surface area contributed by atoms with E-state index in [1.165, 1.54) is 116 Å². The Labute approximate surface area is 450 Å². The molecule has 0 aliphatic heterocycles. The summed E-state index contributed by atoms with van der Waals surface area (Å²) < 4.78 is 2.55. The molecule has 7 aromatic rings. The number of aromatic nitrogens is 1. The lowest BCUT2D eigenvalue weighted by molar-refractivity contribution is -0.572. The number of phenols is 1. The van der Waals surface area contributed by atoms with Crippen LogP contribution in [0.15, 0.2) is 146 Å². The molecule has 8 saturated carbocycles. The van der Waals surface area contributed by atoms with Crippen LogP contribution in [0, 0.1) is 35.5 Å². The van der Waals surface area contributed by atoms with Crippen LogP contribution < -0.4 is 4.57 Å². The summed E-state index contributed by atoms with van der Waals surface area (Å²) in [7, 11) is 0. The van der Waals surface area contributed by atoms with Crippen molar-refractivity contribution in [2.24, 2.45) is 35.5 Å². The smallest absolute Gasteiger partial charge is 0.219 e. The fourth-order valence-corrected chi connectivity index (χ4v) is 17.0. The van der Waals surface area contributed by atoms with Gasteiger partial charge in [-0.25, -0.2) is 0 Å². The molecule has 6 aromatic carbocycles. The molecule has 75 heavy (non-hydrogen) atoms. The Bertz CT molecular complexity index is 3020. The largest absolute Gasteiger partial charge is 0.507 e. The Morgan fingerprint density at radius 3 is 0.920 bits per heavy atom. The Morgan fingerprint density at radius 2 is 0.627 bits per heavy atom. The van der Waals surface area contributed by atoms with Gasteiger partial charge in [-0.3, -0.25) is 0 Å². The van der Waals surface area contributed by atoms with Crippen LogP contribution in [-0.4, -0.2) is 5.11 Å². The van der Waals surface area contributed by atoms with Crippen LogP contribution in [0.3, 0.4) is 0 Å². The monoisotopic (exact) mass is 989 g/mol. The molecule has 8 bridgehead atoms. The molecule has 2 heteroatoms. The predicted octanol–water partition coefficient (Wildman–Crippen LogP) is 18.8. The van der Waals surface area contributed by atoms with E-state index >= 15 is 0 Å². The van der Waals surface area contributed by atoms with E-state index in [0.29, 0.717) is 16.6 Å². The van der Waals surface area contributed by atoms with Crippen molar-refractivity contribution in [3.63, 3.8) is 0 Å². The summed E-state index contributed by atoms with van der Waals surface area (Å²) in [4.78, 5) is 0. The molecule has 0 spiro atoms. The molecular formula is C73H82NO+. The molecule has 0 unspecified atom stereocenters. The van der Waals surface area contributed by atoms with Gasteiger partial charge in [-0.05, 0) is 214 Å². The van der Waals surface area contributed by atoms with Gasteiger partial charge in [0.15, 0.2) is 0 Å². The minimum atomic E-state index is 0.00727. The summed E-state index contributed by atoms with van der Waals surface area (Å²) in [6.45, 7) is 20.5. The molecule has 8 aliphatic carbocycles. The number of aromatic hydroxyl groups is 1. The van der Waals surface area contributed by atoms with Gasteiger partial charge in [0.25, 0.3) is 0 Å². The summed E-state index contributed by atoms with van der Waals surface area (Å²) in [5.41, 5.74) is 19.6. The van der Waals surface area contributed by atoms with Crippen LogP contribution in [0.1, 0.15) is 167 Å². The van der Waals surface area contributed by atoms with E-state index in [1.54, 1.807) is 11.1 Å². The highest BCUT2D eigenvalue weighted by Gasteiger charge is 2.53. The molecule has 0 amide bonds. The Kier molecular flexibility index (Phi) is 11.5. The molecule has 15 rings (SSSR count). The van der Waals surface area contributed by atoms with E-state index in [4.69, 9.17) is 0 Å². The van der Waals surface area contributed by atoms with Gasteiger partial charge in [0.2, 0.25) is 17.1 Å². The van der Waals surface area contributed by atoms with E-state index < -0.39 is 0 Å². The van der Waals surface area contributed by atoms with Crippen LogP contribution in [0.5, 0.6) is 5.75 Å². The third-order valence-corrected chi connectivity index (χ3v) is 20.3. The third-order valence-electron chi connectivity index (χ3n) is 20.3. The molecule has 1 aromatic heterocycles. The molecule has 2 nitrogen and oxygen atoms in total. The minimum absolute atomic E-state index is 0.00727. The van der Waals surface area contributed by atoms with Gasteiger partial charge in [-0.1, -0.05) is 159 Å². The molecular weight excluding hydrogens is 907 g/mol. The fourth-order valence-electron chi connectivity index (χ4n) is 17.0. The topological polar surface area (TPSA) is 24.1 Å². The fraction of sp³-hybridized carbons (Fsp3) is 0.438. The average Bonchev–Trinajstić information content (AvgIpc) is 3.37. The van der Waals surface area contributed by atoms with Crippen molar-refractivity contribution in [3.8, 4) is 67.3 Å². The lowest BCUT2D eigenvalue weighted by Crippen LogP contribution is -2.48. The zero-order valence-corrected chi connectivity index (χ0v) is 46.7. The van der Waals surface area contributed by atoms with Crippen LogP contribution in [-0.2, 0) is 27.1 Å². The second-order valence-corrected chi connectivity index (χ2v) is 28.8. The van der Waals surface area contributed by atoms with E-state index in [0.717, 1.165) is 74.8 Å². The van der Waals surface area contributed by atoms with Gasteiger partial charge in [-0.2, -0.15) is 4.57 Å². The first-order valence-corrected chi connectivity index (χ1v) is 29.3. The molecule has 8 aliphatic rings. The number of phenolic OH excluding ortho intramolecular Hbond substituents is 1. The molecule has 0 radical (unpaired) electrons. The normalized spacial score (nSPS) is 26.8. The molecule has 384 valence electrons. The molecule has 0 atom stereocenters. The third kappa shape index (κ3) is 8.83. The van der Waals surface area contributed by atoms with Gasteiger partial charge < -0.3 is 5.11 Å². The second-order valence-electron chi connectivity index (χ2n) is 28.8. The van der Waals surface area contributed by atoms with Crippen molar-refractivity contribution in [3.05, 3.63) is 173 Å². The highest BCUT2D eigenvalue weighted by Crippen LogP contribution is 2.62. The number of hydrogen-bond donors (Lipinski definition) is 1. The number of nitrogens with zero attached hydrogens (tertiary/aromatic N) is 1. The van der Waals surface area contributed by atoms with E-state index in [9.17, 15) is 5.11 Å². The standard InChI is InChI=1S/C73H81NO/c1-69(2,3)58-20-10-52(11-21-58)57-36-66(55-16-26-61(27-17-55)72-40-46-30-47(41-72)32-48(31-46)42-72)74(67(37-57)56-18-28-62(29-19-56)73-43-49-33-50(44-73)35-51(34-49)45-73)63-38-64(53-12-22-59(23-13-53)70(4,5)6)68(75)65(39-63)54-14-24-60(25-15-54)71(7,8)9/h10-29,36-39,46-51H,30-35,40-45H2,1-9H3/p+1. The van der Waals surface area contributed by atoms with Crippen molar-refractivity contribution >= 4 is 0 Å². The summed E-state index contributed by atoms with van der Waals surface area (Å²) in [6, 6.07) is 56.7. The van der Waals surface area contributed by atoms with Crippen LogP contribution >= 0.6 is 0 Å². The highest BCUT2D eigenvalue weighted by atomic mass is 16.3. The zero-order chi connectivity index (χ0) is 51.8. The van der Waals surface area contributed by atoms with E-state index in [-0.39, 0.29) is 16.2 Å². The first-order chi connectivity index (χ1) is 35.8. The summed E-state index contributed by atoms with van der Waals surface area (Å²) >= 11 is 0. The predicted molar refractivity (Wildman–Crippen MR) is 313 cm³/mol. The van der Waals surface area contributed by atoms with Gasteiger partial charge in [-0.15, -0.1) is 0 Å². The molecule has 0 saturated heterocycles. The minimum Gasteiger partial charge on any atom is -0.507 e. The van der Waals surface area contributed by atoms with Gasteiger partial charge in [0.1, 0.15) is 5.75 Å². The molecule has 1 heterocycles. The Morgan fingerprint density at radius 1 is 0.347 bits per heavy atom. The van der Waals surface area contributed by atoms with Crippen molar-refractivity contribution in [2.75, 3.05) is 0 Å². The average molecular weight is 989 g/mol. The maximum atomic E-state index is 12.8. The Balaban J connectivity index is 1.04. The van der Waals surface area contributed by atoms with Gasteiger partial charge >= 0.3 is 0 Å². The van der Waals surface area contributed by atoms with Gasteiger partial charge in [0.05, 0.1) is 0 Å². The molecule has 1 N–H and O–H groups in total. The highest BCUT2D eigenvalue weighted by molar-refractivity contribution is 5.85. The van der Waals surface area contributed by atoms with Crippen LogP contribution in [0.25, 0.3) is 61.6 Å². The maximum Gasteiger partial charge on any atom is 0.219 e. The number of benzene rings is 6. The lowest BCUT2D eigenvalue weighted by atomic mass is 9.48. The van der Waals surface area contributed by atoms with Crippen LogP contribution in [0.4, 0.5) is 0 Å². The summed E-state index contributed by atoms with van der Waals surface area (Å²) in [5, 5.41) is 12.8. The number of hydrogen-bond acceptors (Lipinski definition) is 1. The van der Waals surface area contributed by atoms with Crippen molar-refractivity contribution in [2.45, 2.75) is 166 Å². The quantitative estimate of drug-likeness (QED) is 0.151. The van der Waals surface area contributed by atoms with Crippen molar-refractivity contribution in [1.29, 1.82) is 0 Å². The summed E-state index contributed by atoms with van der Waals surface area (Å²) in [5.74, 6) is 5.66. The number of rotatable bonds is 8. The first kappa shape index (κ1) is 48.9. The maximum absolute atomic E-state index is 12.8. The summed E-state index contributed by atoms with van der Waals surface area (Å²) in [6.07, 6.45) is 16.8. The Hall–Kier alpha value is -5.73. The van der Waals surface area contributed by atoms with Crippen molar-refractivity contribution < 1.29 is 9.67 Å². The van der Waals surface area contributed by atoms with Gasteiger partial charge in [0, 0.05) is 46.5 Å². The zero-order valence-electron chi connectivity index (χ0n) is 46.7. The second kappa shape index (κ2) is 17.7. The van der Waals surface area contributed by atoms with E-state index in [1.807, 2.05) is 0 Å². The number of pyridine rings is 1. The van der Waals surface area contributed by atoms with Crippen LogP contribution in [0.2, 0.25) is 0 Å². The molecule has 8 fully saturated rings. The van der Waals surface area contributed by atoms with E-state index in [2.05, 4.69) is 212 Å². The lowest BCUT2D eigenvalue weighted by Gasteiger charge is -2.57. The first-order valence-electron chi connectivity index (χ1n) is 29.3. The van der Waals surface area contributed by atoms with Crippen molar-refractivity contribution in [1.82, 2.24) is 0 Å². The SMILES string of the molecule is CC(C)(C)c1ccc(-c2cc(-c3ccc(C45CC6CC(CC(C6)C4)C5)cc3)[n+](-c3cc(-c4ccc(C(C)(C)C)cc4)c(O)c(-c4ccc(C(C)(C)C)cc4)c3)c(-c3ccc(C45CC6CC(CC(C6)C4)C5)cc3)c2)cc1.